The summed E-state index contributed by atoms with van der Waals surface area (Å²) in [5.74, 6) is -0.949. The van der Waals surface area contributed by atoms with Gasteiger partial charge in [-0.2, -0.15) is 0 Å². The molecule has 2 aliphatic rings. The van der Waals surface area contributed by atoms with Crippen molar-refractivity contribution in [3.8, 4) is 0 Å². The van der Waals surface area contributed by atoms with Crippen LogP contribution in [0.25, 0.3) is 0 Å². The van der Waals surface area contributed by atoms with Gasteiger partial charge in [0.25, 0.3) is 5.24 Å². The second-order valence-corrected chi connectivity index (χ2v) is 9.33. The van der Waals surface area contributed by atoms with E-state index >= 15 is 0 Å². The number of rotatable bonds is 6. The van der Waals surface area contributed by atoms with Gasteiger partial charge in [-0.15, -0.1) is 10.2 Å². The van der Waals surface area contributed by atoms with Crippen LogP contribution in [0.4, 0.5) is 10.5 Å². The zero-order valence-corrected chi connectivity index (χ0v) is 18.7. The Labute approximate surface area is 188 Å². The molecular formula is C17H16BrN5O5S2. The lowest BCUT2D eigenvalue weighted by Crippen LogP contribution is -2.28. The van der Waals surface area contributed by atoms with Gasteiger partial charge in [0.15, 0.2) is 5.17 Å². The standard InChI is InChI=1S/C17H16BrN5O5S2/c1-28-13(25)7-10-14(20-17(27)30-10)22-23-16-21-15(26)11(29-16)6-12(24)19-9-4-2-8(18)3-5-9/h2-5,10-11H,6-7H2,1H3,(H,19,24)(H,20,22,27)(H,21,23,26)/t10-,11-/m0/s1. The normalized spacial score (nSPS) is 23.4. The molecule has 2 atom stereocenters. The molecule has 1 aromatic carbocycles. The molecule has 0 bridgehead atoms. The smallest absolute Gasteiger partial charge is 0.307 e. The molecule has 30 heavy (non-hydrogen) atoms. The summed E-state index contributed by atoms with van der Waals surface area (Å²) < 4.78 is 5.49. The third-order valence-corrected chi connectivity index (χ3v) is 6.48. The lowest BCUT2D eigenvalue weighted by molar-refractivity contribution is -0.140. The molecular weight excluding hydrogens is 498 g/mol. The number of nitrogens with one attached hydrogen (secondary N) is 3. The molecule has 0 aromatic heterocycles. The van der Waals surface area contributed by atoms with Gasteiger partial charge in [-0.1, -0.05) is 39.5 Å². The van der Waals surface area contributed by atoms with E-state index < -0.39 is 16.5 Å². The number of amidine groups is 2. The molecule has 2 fully saturated rings. The first-order valence-corrected chi connectivity index (χ1v) is 11.1. The van der Waals surface area contributed by atoms with Crippen molar-refractivity contribution >= 4 is 79.2 Å². The minimum Gasteiger partial charge on any atom is -0.469 e. The third kappa shape index (κ3) is 6.06. The maximum atomic E-state index is 12.2. The van der Waals surface area contributed by atoms with Crippen molar-refractivity contribution in [2.75, 3.05) is 12.4 Å². The number of ether oxygens (including phenoxy) is 1. The highest BCUT2D eigenvalue weighted by Crippen LogP contribution is 2.25. The maximum absolute atomic E-state index is 12.2. The summed E-state index contributed by atoms with van der Waals surface area (Å²) in [7, 11) is 1.26. The van der Waals surface area contributed by atoms with Crippen LogP contribution < -0.4 is 16.0 Å². The number of benzene rings is 1. The Bertz CT molecular complexity index is 937. The van der Waals surface area contributed by atoms with Gasteiger partial charge < -0.3 is 20.7 Å². The zero-order chi connectivity index (χ0) is 21.7. The molecule has 0 saturated carbocycles. The number of esters is 1. The molecule has 13 heteroatoms. The Kier molecular flexibility index (Phi) is 7.50. The average Bonchev–Trinajstić information content (AvgIpc) is 3.23. The molecule has 2 saturated heterocycles. The summed E-state index contributed by atoms with van der Waals surface area (Å²) in [5.41, 5.74) is 0.623. The van der Waals surface area contributed by atoms with E-state index in [9.17, 15) is 19.2 Å². The van der Waals surface area contributed by atoms with Crippen LogP contribution in [-0.4, -0.2) is 51.6 Å². The van der Waals surface area contributed by atoms with E-state index in [4.69, 9.17) is 0 Å². The van der Waals surface area contributed by atoms with E-state index in [1.165, 1.54) is 7.11 Å². The molecule has 0 radical (unpaired) electrons. The number of hydrogen-bond acceptors (Lipinski definition) is 9. The number of carbonyl (C=O) groups is 4. The van der Waals surface area contributed by atoms with Gasteiger partial charge in [0.1, 0.15) is 11.1 Å². The second-order valence-electron chi connectivity index (χ2n) is 6.04. The zero-order valence-electron chi connectivity index (χ0n) is 15.5. The lowest BCUT2D eigenvalue weighted by atomic mass is 10.2. The maximum Gasteiger partial charge on any atom is 0.307 e. The minimum atomic E-state index is -0.655. The van der Waals surface area contributed by atoms with Crippen LogP contribution in [0.1, 0.15) is 12.8 Å². The number of methoxy groups -OCH3 is 1. The third-order valence-electron chi connectivity index (χ3n) is 3.89. The Morgan fingerprint density at radius 1 is 1.10 bits per heavy atom. The van der Waals surface area contributed by atoms with Crippen molar-refractivity contribution in [2.24, 2.45) is 10.2 Å². The fraction of sp³-hybridized carbons (Fsp3) is 0.294. The van der Waals surface area contributed by atoms with Crippen molar-refractivity contribution in [1.29, 1.82) is 0 Å². The van der Waals surface area contributed by atoms with Crippen LogP contribution in [0.2, 0.25) is 0 Å². The molecule has 3 N–H and O–H groups in total. The minimum absolute atomic E-state index is 0.0397. The van der Waals surface area contributed by atoms with Crippen LogP contribution in [0.5, 0.6) is 0 Å². The van der Waals surface area contributed by atoms with Crippen LogP contribution in [0.15, 0.2) is 38.9 Å². The highest BCUT2D eigenvalue weighted by Gasteiger charge is 2.34. The van der Waals surface area contributed by atoms with Gasteiger partial charge in [0.05, 0.1) is 18.8 Å². The number of anilines is 1. The topological polar surface area (TPSA) is 138 Å². The first-order valence-electron chi connectivity index (χ1n) is 8.57. The van der Waals surface area contributed by atoms with E-state index in [-0.39, 0.29) is 40.9 Å². The number of amides is 3. The Hall–Kier alpha value is -2.38. The molecule has 1 aromatic rings. The first-order chi connectivity index (χ1) is 14.3. The van der Waals surface area contributed by atoms with Crippen molar-refractivity contribution in [2.45, 2.75) is 23.3 Å². The summed E-state index contributed by atoms with van der Waals surface area (Å²) in [6, 6.07) is 7.07. The molecule has 3 amide bonds. The molecule has 0 unspecified atom stereocenters. The van der Waals surface area contributed by atoms with Crippen LogP contribution in [-0.2, 0) is 19.1 Å². The predicted octanol–water partition coefficient (Wildman–Crippen LogP) is 2.07. The number of hydrogen-bond donors (Lipinski definition) is 3. The van der Waals surface area contributed by atoms with E-state index in [1.807, 2.05) is 0 Å². The van der Waals surface area contributed by atoms with Crippen LogP contribution in [0.3, 0.4) is 0 Å². The summed E-state index contributed by atoms with van der Waals surface area (Å²) in [5, 5.41) is 14.3. The van der Waals surface area contributed by atoms with E-state index in [1.54, 1.807) is 24.3 Å². The van der Waals surface area contributed by atoms with E-state index in [0.717, 1.165) is 28.0 Å². The lowest BCUT2D eigenvalue weighted by Gasteiger charge is -2.07. The van der Waals surface area contributed by atoms with Gasteiger partial charge >= 0.3 is 5.97 Å². The van der Waals surface area contributed by atoms with Crippen LogP contribution in [0, 0.1) is 0 Å². The summed E-state index contributed by atoms with van der Waals surface area (Å²) in [4.78, 5) is 47.4. The monoisotopic (exact) mass is 513 g/mol. The van der Waals surface area contributed by atoms with E-state index in [0.29, 0.717) is 5.69 Å². The summed E-state index contributed by atoms with van der Waals surface area (Å²) in [6.07, 6.45) is -0.0817. The average molecular weight is 514 g/mol. The molecule has 3 rings (SSSR count). The van der Waals surface area contributed by atoms with Crippen molar-refractivity contribution in [3.63, 3.8) is 0 Å². The van der Waals surface area contributed by atoms with Gasteiger partial charge in [-0.05, 0) is 24.3 Å². The fourth-order valence-electron chi connectivity index (χ4n) is 2.46. The fourth-order valence-corrected chi connectivity index (χ4v) is 4.50. The summed E-state index contributed by atoms with van der Waals surface area (Å²) >= 11 is 5.30. The molecule has 10 nitrogen and oxygen atoms in total. The van der Waals surface area contributed by atoms with Gasteiger partial charge in [0, 0.05) is 16.6 Å². The first kappa shape index (κ1) is 22.3. The SMILES string of the molecule is COC(=O)C[C@@H]1SC(=O)N/C1=N/N=C1\NC(=O)[C@H](CC(=O)Nc2ccc(Br)cc2)S1. The largest absolute Gasteiger partial charge is 0.469 e. The van der Waals surface area contributed by atoms with E-state index in [2.05, 4.69) is 46.8 Å². The van der Waals surface area contributed by atoms with Crippen molar-refractivity contribution < 1.29 is 23.9 Å². The highest BCUT2D eigenvalue weighted by molar-refractivity contribution is 9.10. The van der Waals surface area contributed by atoms with Crippen molar-refractivity contribution in [1.82, 2.24) is 10.6 Å². The molecule has 0 spiro atoms. The second kappa shape index (κ2) is 10.1. The number of carbonyl (C=O) groups excluding carboxylic acids is 4. The quantitative estimate of drug-likeness (QED) is 0.390. The van der Waals surface area contributed by atoms with Gasteiger partial charge in [-0.25, -0.2) is 0 Å². The molecule has 0 aliphatic carbocycles. The van der Waals surface area contributed by atoms with Gasteiger partial charge in [-0.3, -0.25) is 19.2 Å². The van der Waals surface area contributed by atoms with Gasteiger partial charge in [0.2, 0.25) is 11.8 Å². The Morgan fingerprint density at radius 3 is 2.53 bits per heavy atom. The number of thioether (sulfide) groups is 2. The molecule has 158 valence electrons. The summed E-state index contributed by atoms with van der Waals surface area (Å²) in [6.45, 7) is 0. The van der Waals surface area contributed by atoms with Crippen LogP contribution >= 0.6 is 39.5 Å². The number of nitrogens with zero attached hydrogens (tertiary/aromatic N) is 2. The van der Waals surface area contributed by atoms with Crippen molar-refractivity contribution in [3.05, 3.63) is 28.7 Å². The molecule has 2 heterocycles. The highest BCUT2D eigenvalue weighted by atomic mass is 79.9. The Balaban J connectivity index is 1.58. The molecule has 2 aliphatic heterocycles. The Morgan fingerprint density at radius 2 is 1.83 bits per heavy atom. The number of halogens is 1. The predicted molar refractivity (Wildman–Crippen MR) is 118 cm³/mol.